The van der Waals surface area contributed by atoms with Crippen LogP contribution in [-0.2, 0) is 4.79 Å². The molecule has 0 bridgehead atoms. The van der Waals surface area contributed by atoms with Gasteiger partial charge in [0, 0.05) is 0 Å². The lowest BCUT2D eigenvalue weighted by Gasteiger charge is -2.27. The van der Waals surface area contributed by atoms with Gasteiger partial charge in [0.15, 0.2) is 0 Å². The third-order valence-electron chi connectivity index (χ3n) is 4.10. The molecule has 1 aromatic heterocycles. The molecular formula is C15H22N4O2. The van der Waals surface area contributed by atoms with E-state index in [0.29, 0.717) is 12.8 Å². The Morgan fingerprint density at radius 2 is 1.90 bits per heavy atom. The molecule has 1 atom stereocenters. The van der Waals surface area contributed by atoms with Gasteiger partial charge in [0.25, 0.3) is 0 Å². The van der Waals surface area contributed by atoms with Crippen molar-refractivity contribution in [2.24, 2.45) is 5.73 Å². The largest absolute Gasteiger partial charge is 0.348 e. The van der Waals surface area contributed by atoms with E-state index in [4.69, 9.17) is 5.73 Å². The highest BCUT2D eigenvalue weighted by molar-refractivity contribution is 5.86. The van der Waals surface area contributed by atoms with Crippen molar-refractivity contribution < 1.29 is 4.79 Å². The number of aromatic amines is 2. The number of imidazole rings is 1. The summed E-state index contributed by atoms with van der Waals surface area (Å²) in [5, 5.41) is 2.94. The highest BCUT2D eigenvalue weighted by Crippen LogP contribution is 2.19. The summed E-state index contributed by atoms with van der Waals surface area (Å²) in [5.74, 6) is -0.150. The lowest BCUT2D eigenvalue weighted by Crippen LogP contribution is -2.53. The Labute approximate surface area is 123 Å². The maximum absolute atomic E-state index is 12.3. The smallest absolute Gasteiger partial charge is 0.323 e. The van der Waals surface area contributed by atoms with E-state index in [2.05, 4.69) is 15.3 Å². The van der Waals surface area contributed by atoms with Crippen LogP contribution in [0.2, 0.25) is 0 Å². The summed E-state index contributed by atoms with van der Waals surface area (Å²) in [4.78, 5) is 28.9. The summed E-state index contributed by atoms with van der Waals surface area (Å²) in [5.41, 5.74) is 7.41. The molecule has 0 aliphatic carbocycles. The van der Waals surface area contributed by atoms with Gasteiger partial charge in [-0.25, -0.2) is 4.79 Å². The Morgan fingerprint density at radius 3 is 2.52 bits per heavy atom. The second kappa shape index (κ2) is 5.73. The minimum absolute atomic E-state index is 0.150. The molecule has 2 aromatic rings. The third kappa shape index (κ3) is 3.00. The van der Waals surface area contributed by atoms with Gasteiger partial charge < -0.3 is 21.0 Å². The number of carbonyl (C=O) groups excluding carboxylic acids is 1. The lowest BCUT2D eigenvalue weighted by molar-refractivity contribution is -0.127. The summed E-state index contributed by atoms with van der Waals surface area (Å²) >= 11 is 0. The molecule has 0 radical (unpaired) electrons. The second-order valence-corrected chi connectivity index (χ2v) is 5.44. The van der Waals surface area contributed by atoms with Gasteiger partial charge in [-0.15, -0.1) is 0 Å². The maximum atomic E-state index is 12.3. The first-order valence-corrected chi connectivity index (χ1v) is 7.21. The Morgan fingerprint density at radius 1 is 1.29 bits per heavy atom. The van der Waals surface area contributed by atoms with Crippen LogP contribution in [0, 0.1) is 0 Å². The molecule has 114 valence electrons. The molecule has 6 nitrogen and oxygen atoms in total. The number of amides is 1. The number of H-pyrrole nitrogens is 2. The van der Waals surface area contributed by atoms with E-state index in [1.165, 1.54) is 0 Å². The summed E-state index contributed by atoms with van der Waals surface area (Å²) < 4.78 is 0. The number of aromatic nitrogens is 2. The van der Waals surface area contributed by atoms with E-state index in [1.807, 2.05) is 39.0 Å². The number of carbonyl (C=O) groups is 1. The van der Waals surface area contributed by atoms with E-state index >= 15 is 0 Å². The molecule has 1 unspecified atom stereocenters. The van der Waals surface area contributed by atoms with Crippen molar-refractivity contribution >= 4 is 16.9 Å². The lowest BCUT2D eigenvalue weighted by atomic mass is 9.92. The summed E-state index contributed by atoms with van der Waals surface area (Å²) in [7, 11) is 0. The van der Waals surface area contributed by atoms with Crippen molar-refractivity contribution in [2.75, 3.05) is 0 Å². The van der Waals surface area contributed by atoms with Crippen LogP contribution in [0.3, 0.4) is 0 Å². The predicted octanol–water partition coefficient (Wildman–Crippen LogP) is 1.55. The van der Waals surface area contributed by atoms with Crippen LogP contribution in [0.1, 0.15) is 45.2 Å². The number of hydrogen-bond acceptors (Lipinski definition) is 3. The molecule has 1 aromatic carbocycles. The molecule has 0 saturated heterocycles. The minimum atomic E-state index is -0.833. The first-order valence-electron chi connectivity index (χ1n) is 7.21. The van der Waals surface area contributed by atoms with Crippen molar-refractivity contribution in [3.8, 4) is 0 Å². The van der Waals surface area contributed by atoms with E-state index < -0.39 is 5.54 Å². The van der Waals surface area contributed by atoms with Gasteiger partial charge in [-0.05, 0) is 37.5 Å². The normalized spacial score (nSPS) is 13.3. The molecule has 1 heterocycles. The fourth-order valence-electron chi connectivity index (χ4n) is 2.31. The molecule has 1 amide bonds. The van der Waals surface area contributed by atoms with Gasteiger partial charge in [0.1, 0.15) is 0 Å². The van der Waals surface area contributed by atoms with E-state index in [-0.39, 0.29) is 17.6 Å². The Kier molecular flexibility index (Phi) is 4.18. The van der Waals surface area contributed by atoms with Gasteiger partial charge in [0.2, 0.25) is 5.91 Å². The monoisotopic (exact) mass is 290 g/mol. The zero-order valence-corrected chi connectivity index (χ0v) is 12.6. The number of nitrogens with two attached hydrogens (primary N) is 1. The first kappa shape index (κ1) is 15.3. The average molecular weight is 290 g/mol. The zero-order chi connectivity index (χ0) is 15.6. The fraction of sp³-hybridized carbons (Fsp3) is 0.467. The minimum Gasteiger partial charge on any atom is -0.348 e. The average Bonchev–Trinajstić information content (AvgIpc) is 2.85. The molecule has 5 N–H and O–H groups in total. The molecule has 21 heavy (non-hydrogen) atoms. The van der Waals surface area contributed by atoms with E-state index in [0.717, 1.165) is 16.6 Å². The fourth-order valence-corrected chi connectivity index (χ4v) is 2.31. The Hall–Kier alpha value is -2.08. The number of hydrogen-bond donors (Lipinski definition) is 4. The number of rotatable bonds is 5. The van der Waals surface area contributed by atoms with Gasteiger partial charge in [-0.1, -0.05) is 19.9 Å². The topological polar surface area (TPSA) is 104 Å². The van der Waals surface area contributed by atoms with Crippen molar-refractivity contribution in [1.82, 2.24) is 15.3 Å². The van der Waals surface area contributed by atoms with Gasteiger partial charge in [-0.3, -0.25) is 4.79 Å². The molecule has 0 saturated carbocycles. The van der Waals surface area contributed by atoms with Crippen LogP contribution in [0.15, 0.2) is 23.0 Å². The summed E-state index contributed by atoms with van der Waals surface area (Å²) in [6.45, 7) is 5.71. The van der Waals surface area contributed by atoms with Gasteiger partial charge in [-0.2, -0.15) is 0 Å². The van der Waals surface area contributed by atoms with Gasteiger partial charge in [0.05, 0.1) is 22.6 Å². The van der Waals surface area contributed by atoms with Crippen LogP contribution in [-0.4, -0.2) is 21.4 Å². The van der Waals surface area contributed by atoms with Crippen LogP contribution in [0.25, 0.3) is 11.0 Å². The molecule has 2 rings (SSSR count). The van der Waals surface area contributed by atoms with Gasteiger partial charge >= 0.3 is 5.69 Å². The van der Waals surface area contributed by atoms with Crippen molar-refractivity contribution in [3.05, 3.63) is 34.2 Å². The van der Waals surface area contributed by atoms with Crippen molar-refractivity contribution in [1.29, 1.82) is 0 Å². The predicted molar refractivity (Wildman–Crippen MR) is 83.0 cm³/mol. The first-order chi connectivity index (χ1) is 9.89. The molecule has 0 fully saturated rings. The highest BCUT2D eigenvalue weighted by Gasteiger charge is 2.30. The van der Waals surface area contributed by atoms with Crippen LogP contribution in [0.5, 0.6) is 0 Å². The highest BCUT2D eigenvalue weighted by atomic mass is 16.2. The molecule has 0 aliphatic rings. The summed E-state index contributed by atoms with van der Waals surface area (Å²) in [6, 6.07) is 5.38. The zero-order valence-electron chi connectivity index (χ0n) is 12.6. The second-order valence-electron chi connectivity index (χ2n) is 5.44. The van der Waals surface area contributed by atoms with Crippen molar-refractivity contribution in [2.45, 2.75) is 45.2 Å². The Bertz CT molecular complexity index is 697. The number of fused-ring (bicyclic) bond motifs is 1. The molecular weight excluding hydrogens is 268 g/mol. The number of benzene rings is 1. The third-order valence-corrected chi connectivity index (χ3v) is 4.10. The standard InChI is InChI=1S/C15H22N4O2/c1-4-15(16,5-2)13(20)17-9(3)10-6-7-11-12(8-10)19-14(21)18-11/h6-9H,4-5,16H2,1-3H3,(H,17,20)(H2,18,19,21). The van der Waals surface area contributed by atoms with Crippen LogP contribution < -0.4 is 16.7 Å². The molecule has 6 heteroatoms. The Balaban J connectivity index is 2.20. The molecule has 0 aliphatic heterocycles. The molecule has 0 spiro atoms. The van der Waals surface area contributed by atoms with E-state index in [1.54, 1.807) is 0 Å². The number of nitrogens with one attached hydrogen (secondary N) is 3. The quantitative estimate of drug-likeness (QED) is 0.671. The summed E-state index contributed by atoms with van der Waals surface area (Å²) in [6.07, 6.45) is 1.18. The SMILES string of the molecule is CCC(N)(CC)C(=O)NC(C)c1ccc2[nH]c(=O)[nH]c2c1. The van der Waals surface area contributed by atoms with Crippen LogP contribution >= 0.6 is 0 Å². The van der Waals surface area contributed by atoms with Crippen LogP contribution in [0.4, 0.5) is 0 Å². The maximum Gasteiger partial charge on any atom is 0.323 e. The van der Waals surface area contributed by atoms with Crippen molar-refractivity contribution in [3.63, 3.8) is 0 Å². The van der Waals surface area contributed by atoms with E-state index in [9.17, 15) is 9.59 Å².